The lowest BCUT2D eigenvalue weighted by molar-refractivity contribution is 0.552. The number of rotatable bonds is 2. The Balaban J connectivity index is 1.82. The van der Waals surface area contributed by atoms with Crippen LogP contribution in [-0.4, -0.2) is 26.4 Å². The van der Waals surface area contributed by atoms with Crippen LogP contribution in [-0.2, 0) is 0 Å². The van der Waals surface area contributed by atoms with Gasteiger partial charge in [-0.05, 0) is 36.6 Å². The van der Waals surface area contributed by atoms with Crippen LogP contribution in [0.4, 0.5) is 5.69 Å². The topological polar surface area (TPSA) is 109 Å². The molecule has 0 amide bonds. The molecule has 9 heteroatoms. The number of para-hydroxylation sites is 1. The Hall–Kier alpha value is -3.64. The maximum atomic E-state index is 12.5. The maximum absolute atomic E-state index is 12.5. The Bertz CT molecular complexity index is 1280. The Morgan fingerprint density at radius 1 is 1.30 bits per heavy atom. The third-order valence-electron chi connectivity index (χ3n) is 3.87. The highest BCUT2D eigenvalue weighted by atomic mass is 32.2. The lowest BCUT2D eigenvalue weighted by Crippen LogP contribution is -2.12. The number of nitriles is 1. The van der Waals surface area contributed by atoms with Crippen molar-refractivity contribution in [2.24, 2.45) is 4.99 Å². The first-order chi connectivity index (χ1) is 13.2. The zero-order valence-corrected chi connectivity index (χ0v) is 14.9. The van der Waals surface area contributed by atoms with Crippen LogP contribution < -0.4 is 10.9 Å². The third kappa shape index (κ3) is 3.14. The second-order valence-electron chi connectivity index (χ2n) is 5.49. The van der Waals surface area contributed by atoms with Crippen molar-refractivity contribution in [3.8, 4) is 11.9 Å². The van der Waals surface area contributed by atoms with E-state index >= 15 is 0 Å². The Morgan fingerprint density at radius 2 is 2.15 bits per heavy atom. The molecule has 132 valence electrons. The molecule has 0 spiro atoms. The SMILES string of the molecule is CSC(=Nc1ccc2cc(-n3nnc4ccccc43)c(=O)oc2c1)NC#N. The third-order valence-corrected chi connectivity index (χ3v) is 4.45. The van der Waals surface area contributed by atoms with Crippen LogP contribution in [0.2, 0.25) is 0 Å². The molecule has 4 rings (SSSR count). The molecule has 0 atom stereocenters. The Kier molecular flexibility index (Phi) is 4.32. The number of amidine groups is 1. The van der Waals surface area contributed by atoms with Crippen molar-refractivity contribution in [2.75, 3.05) is 6.26 Å². The summed E-state index contributed by atoms with van der Waals surface area (Å²) >= 11 is 1.31. The summed E-state index contributed by atoms with van der Waals surface area (Å²) in [5, 5.41) is 20.5. The Morgan fingerprint density at radius 3 is 2.96 bits per heavy atom. The van der Waals surface area contributed by atoms with Gasteiger partial charge in [-0.2, -0.15) is 5.26 Å². The van der Waals surface area contributed by atoms with Gasteiger partial charge in [-0.15, -0.1) is 5.10 Å². The number of fused-ring (bicyclic) bond motifs is 2. The van der Waals surface area contributed by atoms with Crippen LogP contribution in [0, 0.1) is 11.5 Å². The summed E-state index contributed by atoms with van der Waals surface area (Å²) in [5.41, 5.74) is 2.13. The molecule has 8 nitrogen and oxygen atoms in total. The molecule has 0 aliphatic heterocycles. The van der Waals surface area contributed by atoms with Crippen LogP contribution in [0.25, 0.3) is 27.7 Å². The van der Waals surface area contributed by atoms with E-state index in [1.54, 1.807) is 30.5 Å². The van der Waals surface area contributed by atoms with Crippen molar-refractivity contribution >= 4 is 44.6 Å². The molecule has 2 heterocycles. The van der Waals surface area contributed by atoms with E-state index in [2.05, 4.69) is 20.6 Å². The van der Waals surface area contributed by atoms with Gasteiger partial charge >= 0.3 is 5.63 Å². The summed E-state index contributed by atoms with van der Waals surface area (Å²) in [6, 6.07) is 14.3. The smallest absolute Gasteiger partial charge is 0.362 e. The predicted octanol–water partition coefficient (Wildman–Crippen LogP) is 2.95. The molecular weight excluding hydrogens is 364 g/mol. The minimum Gasteiger partial charge on any atom is -0.421 e. The average Bonchev–Trinajstić information content (AvgIpc) is 3.11. The summed E-state index contributed by atoms with van der Waals surface area (Å²) in [7, 11) is 0. The van der Waals surface area contributed by atoms with Crippen molar-refractivity contribution in [1.29, 1.82) is 5.26 Å². The summed E-state index contributed by atoms with van der Waals surface area (Å²) < 4.78 is 6.94. The molecule has 0 radical (unpaired) electrons. The van der Waals surface area contributed by atoms with Gasteiger partial charge in [0, 0.05) is 11.5 Å². The van der Waals surface area contributed by atoms with Crippen molar-refractivity contribution in [2.45, 2.75) is 0 Å². The first kappa shape index (κ1) is 16.8. The van der Waals surface area contributed by atoms with Crippen molar-refractivity contribution in [3.63, 3.8) is 0 Å². The highest BCUT2D eigenvalue weighted by molar-refractivity contribution is 8.13. The van der Waals surface area contributed by atoms with E-state index in [4.69, 9.17) is 9.68 Å². The van der Waals surface area contributed by atoms with Crippen LogP contribution in [0.15, 0.2) is 62.7 Å². The predicted molar refractivity (Wildman–Crippen MR) is 104 cm³/mol. The minimum atomic E-state index is -0.528. The number of benzene rings is 2. The number of nitrogens with zero attached hydrogens (tertiary/aromatic N) is 5. The molecule has 0 saturated carbocycles. The molecule has 2 aromatic carbocycles. The van der Waals surface area contributed by atoms with Gasteiger partial charge in [0.05, 0.1) is 11.2 Å². The molecule has 4 aromatic rings. The number of aromatic nitrogens is 3. The zero-order valence-electron chi connectivity index (χ0n) is 14.1. The molecule has 0 bridgehead atoms. The fourth-order valence-corrected chi connectivity index (χ4v) is 2.99. The number of hydrogen-bond acceptors (Lipinski definition) is 7. The van der Waals surface area contributed by atoms with Crippen LogP contribution >= 0.6 is 11.8 Å². The van der Waals surface area contributed by atoms with Crippen LogP contribution in [0.5, 0.6) is 0 Å². The van der Waals surface area contributed by atoms with Gasteiger partial charge in [0.1, 0.15) is 11.1 Å². The van der Waals surface area contributed by atoms with Gasteiger partial charge < -0.3 is 4.42 Å². The van der Waals surface area contributed by atoms with E-state index in [0.717, 1.165) is 10.9 Å². The molecular formula is C18H12N6O2S. The fourth-order valence-electron chi connectivity index (χ4n) is 2.64. The molecule has 0 fully saturated rings. The van der Waals surface area contributed by atoms with Gasteiger partial charge in [0.25, 0.3) is 0 Å². The summed E-state index contributed by atoms with van der Waals surface area (Å²) in [6.45, 7) is 0. The second-order valence-corrected chi connectivity index (χ2v) is 6.28. The summed E-state index contributed by atoms with van der Waals surface area (Å²) in [5.74, 6) is 0. The highest BCUT2D eigenvalue weighted by Gasteiger charge is 2.12. The molecule has 2 aromatic heterocycles. The molecule has 0 saturated heterocycles. The molecule has 0 aliphatic rings. The van der Waals surface area contributed by atoms with E-state index in [1.807, 2.05) is 30.5 Å². The van der Waals surface area contributed by atoms with E-state index in [0.29, 0.717) is 22.0 Å². The van der Waals surface area contributed by atoms with Gasteiger partial charge in [0.15, 0.2) is 17.0 Å². The number of aliphatic imine (C=N–C) groups is 1. The average molecular weight is 376 g/mol. The van der Waals surface area contributed by atoms with Crippen molar-refractivity contribution in [1.82, 2.24) is 20.3 Å². The second kappa shape index (κ2) is 6.93. The van der Waals surface area contributed by atoms with E-state index in [9.17, 15) is 4.79 Å². The summed E-state index contributed by atoms with van der Waals surface area (Å²) in [6.07, 6.45) is 3.64. The lowest BCUT2D eigenvalue weighted by atomic mass is 10.2. The quantitative estimate of drug-likeness (QED) is 0.188. The number of hydrogen-bond donors (Lipinski definition) is 1. The Labute approximate surface area is 157 Å². The first-order valence-corrected chi connectivity index (χ1v) is 9.08. The lowest BCUT2D eigenvalue weighted by Gasteiger charge is -2.04. The standard InChI is InChI=1S/C18H12N6O2S/c1-27-18(20-10-19)21-12-7-6-11-8-15(17(25)26-16(11)9-12)24-14-5-3-2-4-13(14)22-23-24/h2-9H,1H3,(H,20,21). The van der Waals surface area contributed by atoms with Crippen LogP contribution in [0.1, 0.15) is 0 Å². The first-order valence-electron chi connectivity index (χ1n) is 7.86. The zero-order chi connectivity index (χ0) is 18.8. The normalized spacial score (nSPS) is 11.6. The van der Waals surface area contributed by atoms with Gasteiger partial charge in [-0.3, -0.25) is 5.32 Å². The number of thioether (sulfide) groups is 1. The van der Waals surface area contributed by atoms with Gasteiger partial charge in [-0.25, -0.2) is 14.5 Å². The van der Waals surface area contributed by atoms with Crippen molar-refractivity contribution < 1.29 is 4.42 Å². The van der Waals surface area contributed by atoms with Crippen molar-refractivity contribution in [3.05, 3.63) is 59.0 Å². The molecule has 1 N–H and O–H groups in total. The molecule has 0 unspecified atom stereocenters. The molecule has 27 heavy (non-hydrogen) atoms. The van der Waals surface area contributed by atoms with Gasteiger partial charge in [0.2, 0.25) is 0 Å². The largest absolute Gasteiger partial charge is 0.421 e. The van der Waals surface area contributed by atoms with Gasteiger partial charge in [-0.1, -0.05) is 29.1 Å². The summed E-state index contributed by atoms with van der Waals surface area (Å²) in [4.78, 5) is 16.8. The monoisotopic (exact) mass is 376 g/mol. The highest BCUT2D eigenvalue weighted by Crippen LogP contribution is 2.23. The van der Waals surface area contributed by atoms with E-state index < -0.39 is 5.63 Å². The number of nitrogens with one attached hydrogen (secondary N) is 1. The molecule has 0 aliphatic carbocycles. The van der Waals surface area contributed by atoms with E-state index in [1.165, 1.54) is 16.4 Å². The van der Waals surface area contributed by atoms with E-state index in [-0.39, 0.29) is 5.69 Å². The fraction of sp³-hybridized carbons (Fsp3) is 0.0556. The van der Waals surface area contributed by atoms with Crippen LogP contribution in [0.3, 0.4) is 0 Å². The maximum Gasteiger partial charge on any atom is 0.362 e. The minimum absolute atomic E-state index is 0.281.